The second-order valence-electron chi connectivity index (χ2n) is 3.53. The average Bonchev–Trinajstić information content (AvgIpc) is 2.63. The predicted octanol–water partition coefficient (Wildman–Crippen LogP) is 2.73. The third kappa shape index (κ3) is 1.81. The lowest BCUT2D eigenvalue weighted by Gasteiger charge is -2.07. The Morgan fingerprint density at radius 3 is 2.83 bits per heavy atom. The van der Waals surface area contributed by atoms with Crippen molar-refractivity contribution in [2.24, 2.45) is 5.92 Å². The first-order chi connectivity index (χ1) is 5.84. The van der Waals surface area contributed by atoms with Crippen molar-refractivity contribution in [3.05, 3.63) is 17.4 Å². The molecule has 0 aliphatic heterocycles. The summed E-state index contributed by atoms with van der Waals surface area (Å²) in [6.07, 6.45) is 9.10. The van der Waals surface area contributed by atoms with Gasteiger partial charge in [0.15, 0.2) is 0 Å². The van der Waals surface area contributed by atoms with Crippen LogP contribution in [0.2, 0.25) is 5.02 Å². The van der Waals surface area contributed by atoms with Crippen LogP contribution in [0.5, 0.6) is 0 Å². The summed E-state index contributed by atoms with van der Waals surface area (Å²) in [5.74, 6) is 0.834. The summed E-state index contributed by atoms with van der Waals surface area (Å²) in [5, 5.41) is 4.91. The zero-order valence-electron chi connectivity index (χ0n) is 7.04. The molecule has 1 heterocycles. The molecule has 0 amide bonds. The van der Waals surface area contributed by atoms with Crippen LogP contribution in [0.3, 0.4) is 0 Å². The Morgan fingerprint density at radius 2 is 2.25 bits per heavy atom. The number of hydrogen-bond acceptors (Lipinski definition) is 1. The van der Waals surface area contributed by atoms with E-state index in [-0.39, 0.29) is 0 Å². The fraction of sp³-hybridized carbons (Fsp3) is 0.667. The molecule has 1 aromatic rings. The van der Waals surface area contributed by atoms with Crippen LogP contribution in [0.4, 0.5) is 0 Å². The van der Waals surface area contributed by atoms with Crippen molar-refractivity contribution in [1.29, 1.82) is 0 Å². The summed E-state index contributed by atoms with van der Waals surface area (Å²) in [7, 11) is 0. The van der Waals surface area contributed by atoms with Crippen LogP contribution in [-0.4, -0.2) is 9.78 Å². The average molecular weight is 185 g/mol. The number of hydrogen-bond donors (Lipinski definition) is 0. The molecular formula is C9H13ClN2. The molecule has 0 aromatic carbocycles. The number of aromatic nitrogens is 2. The minimum Gasteiger partial charge on any atom is -0.271 e. The monoisotopic (exact) mass is 184 g/mol. The van der Waals surface area contributed by atoms with Gasteiger partial charge in [0.05, 0.1) is 11.2 Å². The van der Waals surface area contributed by atoms with Gasteiger partial charge in [0, 0.05) is 12.7 Å². The van der Waals surface area contributed by atoms with Gasteiger partial charge in [-0.15, -0.1) is 0 Å². The van der Waals surface area contributed by atoms with E-state index in [0.717, 1.165) is 17.5 Å². The van der Waals surface area contributed by atoms with Crippen molar-refractivity contribution in [3.8, 4) is 0 Å². The minimum absolute atomic E-state index is 0.744. The van der Waals surface area contributed by atoms with E-state index in [0.29, 0.717) is 0 Å². The van der Waals surface area contributed by atoms with Crippen molar-refractivity contribution in [3.63, 3.8) is 0 Å². The summed E-state index contributed by atoms with van der Waals surface area (Å²) in [4.78, 5) is 0. The molecule has 66 valence electrons. The summed E-state index contributed by atoms with van der Waals surface area (Å²) < 4.78 is 1.96. The van der Waals surface area contributed by atoms with Crippen molar-refractivity contribution >= 4 is 11.6 Å². The Bertz CT molecular complexity index is 251. The summed E-state index contributed by atoms with van der Waals surface area (Å²) in [6, 6.07) is 0. The van der Waals surface area contributed by atoms with Gasteiger partial charge in [-0.3, -0.25) is 4.68 Å². The molecule has 0 atom stereocenters. The van der Waals surface area contributed by atoms with E-state index in [4.69, 9.17) is 11.6 Å². The second kappa shape index (κ2) is 3.48. The fourth-order valence-corrected chi connectivity index (χ4v) is 2.05. The van der Waals surface area contributed by atoms with Gasteiger partial charge < -0.3 is 0 Å². The van der Waals surface area contributed by atoms with Crippen LogP contribution < -0.4 is 0 Å². The number of halogens is 1. The molecule has 0 saturated heterocycles. The lowest BCUT2D eigenvalue weighted by molar-refractivity contribution is 0.429. The highest BCUT2D eigenvalue weighted by molar-refractivity contribution is 6.30. The van der Waals surface area contributed by atoms with Crippen LogP contribution in [0.1, 0.15) is 25.7 Å². The van der Waals surface area contributed by atoms with E-state index < -0.39 is 0 Å². The van der Waals surface area contributed by atoms with E-state index in [1.54, 1.807) is 6.20 Å². The molecule has 1 aromatic heterocycles. The number of rotatable bonds is 2. The van der Waals surface area contributed by atoms with Gasteiger partial charge in [-0.1, -0.05) is 24.4 Å². The molecule has 0 spiro atoms. The first kappa shape index (κ1) is 8.11. The quantitative estimate of drug-likeness (QED) is 0.691. The Kier molecular flexibility index (Phi) is 2.35. The molecule has 1 aliphatic rings. The van der Waals surface area contributed by atoms with Gasteiger partial charge in [0.1, 0.15) is 0 Å². The van der Waals surface area contributed by atoms with Crippen LogP contribution >= 0.6 is 11.6 Å². The van der Waals surface area contributed by atoms with Crippen molar-refractivity contribution in [2.45, 2.75) is 32.2 Å². The van der Waals surface area contributed by atoms with Gasteiger partial charge in [-0.2, -0.15) is 5.10 Å². The Hall–Kier alpha value is -0.500. The summed E-state index contributed by atoms with van der Waals surface area (Å²) in [6.45, 7) is 1.05. The van der Waals surface area contributed by atoms with E-state index in [1.165, 1.54) is 25.7 Å². The molecule has 0 unspecified atom stereocenters. The highest BCUT2D eigenvalue weighted by Crippen LogP contribution is 2.26. The molecule has 0 radical (unpaired) electrons. The maximum Gasteiger partial charge on any atom is 0.0785 e. The molecule has 0 N–H and O–H groups in total. The molecular weight excluding hydrogens is 172 g/mol. The first-order valence-electron chi connectivity index (χ1n) is 4.52. The highest BCUT2D eigenvalue weighted by atomic mass is 35.5. The topological polar surface area (TPSA) is 17.8 Å². The van der Waals surface area contributed by atoms with Crippen molar-refractivity contribution < 1.29 is 0 Å². The lowest BCUT2D eigenvalue weighted by Crippen LogP contribution is -2.07. The SMILES string of the molecule is Clc1cnn(CC2CCCC2)c1. The largest absolute Gasteiger partial charge is 0.271 e. The summed E-state index contributed by atoms with van der Waals surface area (Å²) >= 11 is 5.76. The third-order valence-electron chi connectivity index (χ3n) is 2.52. The maximum atomic E-state index is 5.76. The highest BCUT2D eigenvalue weighted by Gasteiger charge is 2.15. The van der Waals surface area contributed by atoms with Gasteiger partial charge >= 0.3 is 0 Å². The van der Waals surface area contributed by atoms with Gasteiger partial charge in [0.2, 0.25) is 0 Å². The third-order valence-corrected chi connectivity index (χ3v) is 2.72. The summed E-state index contributed by atoms with van der Waals surface area (Å²) in [5.41, 5.74) is 0. The zero-order chi connectivity index (χ0) is 8.39. The van der Waals surface area contributed by atoms with E-state index in [2.05, 4.69) is 5.10 Å². The Balaban J connectivity index is 1.94. The normalized spacial score (nSPS) is 18.8. The minimum atomic E-state index is 0.744. The van der Waals surface area contributed by atoms with E-state index in [1.807, 2.05) is 10.9 Å². The number of nitrogens with zero attached hydrogens (tertiary/aromatic N) is 2. The molecule has 2 rings (SSSR count). The van der Waals surface area contributed by atoms with E-state index in [9.17, 15) is 0 Å². The van der Waals surface area contributed by atoms with Crippen LogP contribution in [0.25, 0.3) is 0 Å². The Morgan fingerprint density at radius 1 is 1.50 bits per heavy atom. The van der Waals surface area contributed by atoms with Crippen LogP contribution in [0.15, 0.2) is 12.4 Å². The zero-order valence-corrected chi connectivity index (χ0v) is 7.80. The maximum absolute atomic E-state index is 5.76. The molecule has 1 saturated carbocycles. The molecule has 12 heavy (non-hydrogen) atoms. The van der Waals surface area contributed by atoms with Gasteiger partial charge in [0.25, 0.3) is 0 Å². The molecule has 0 bridgehead atoms. The van der Waals surface area contributed by atoms with E-state index >= 15 is 0 Å². The molecule has 2 nitrogen and oxygen atoms in total. The van der Waals surface area contributed by atoms with Crippen LogP contribution in [-0.2, 0) is 6.54 Å². The van der Waals surface area contributed by atoms with Gasteiger partial charge in [-0.05, 0) is 18.8 Å². The van der Waals surface area contributed by atoms with Crippen molar-refractivity contribution in [1.82, 2.24) is 9.78 Å². The Labute approximate surface area is 77.5 Å². The second-order valence-corrected chi connectivity index (χ2v) is 3.97. The van der Waals surface area contributed by atoms with Gasteiger partial charge in [-0.25, -0.2) is 0 Å². The molecule has 1 aliphatic carbocycles. The predicted molar refractivity (Wildman–Crippen MR) is 49.2 cm³/mol. The first-order valence-corrected chi connectivity index (χ1v) is 4.90. The van der Waals surface area contributed by atoms with Crippen molar-refractivity contribution in [2.75, 3.05) is 0 Å². The smallest absolute Gasteiger partial charge is 0.0785 e. The fourth-order valence-electron chi connectivity index (χ4n) is 1.90. The lowest BCUT2D eigenvalue weighted by atomic mass is 10.1. The standard InChI is InChI=1S/C9H13ClN2/c10-9-5-11-12(7-9)6-8-3-1-2-4-8/h5,7-8H,1-4,6H2. The molecule has 1 fully saturated rings. The van der Waals surface area contributed by atoms with Crippen LogP contribution in [0, 0.1) is 5.92 Å². The molecule has 3 heteroatoms.